The summed E-state index contributed by atoms with van der Waals surface area (Å²) in [5, 5.41) is 15.4. The quantitative estimate of drug-likeness (QED) is 0.574. The third-order valence-electron chi connectivity index (χ3n) is 6.88. The molecule has 0 aliphatic carbocycles. The van der Waals surface area contributed by atoms with Crippen molar-refractivity contribution in [2.45, 2.75) is 38.0 Å². The van der Waals surface area contributed by atoms with E-state index in [1.165, 1.54) is 11.3 Å². The van der Waals surface area contributed by atoms with Crippen LogP contribution in [0.1, 0.15) is 51.2 Å². The molecule has 2 amide bonds. The molecule has 186 valence electrons. The van der Waals surface area contributed by atoms with Crippen molar-refractivity contribution in [3.63, 3.8) is 0 Å². The summed E-state index contributed by atoms with van der Waals surface area (Å²) in [5.41, 5.74) is 2.51. The molecular weight excluding hydrogens is 466 g/mol. The third kappa shape index (κ3) is 4.09. The summed E-state index contributed by atoms with van der Waals surface area (Å²) in [6, 6.07) is 5.82. The average molecular weight is 498 g/mol. The first-order chi connectivity index (χ1) is 16.6. The number of carbonyl (C=O) groups is 2. The van der Waals surface area contributed by atoms with E-state index >= 15 is 0 Å². The zero-order valence-electron chi connectivity index (χ0n) is 20.7. The van der Waals surface area contributed by atoms with Crippen LogP contribution in [0.5, 0.6) is 0 Å². The molecule has 3 aromatic rings. The number of thiazole rings is 1. The molecule has 1 aromatic carbocycles. The van der Waals surface area contributed by atoms with Crippen LogP contribution in [-0.4, -0.2) is 76.8 Å². The largest absolute Gasteiger partial charge is 0.384 e. The van der Waals surface area contributed by atoms with Gasteiger partial charge >= 0.3 is 0 Å². The van der Waals surface area contributed by atoms with E-state index in [0.29, 0.717) is 42.3 Å². The fourth-order valence-corrected chi connectivity index (χ4v) is 6.00. The Bertz CT molecular complexity index is 1310. The predicted octanol–water partition coefficient (Wildman–Crippen LogP) is 2.34. The van der Waals surface area contributed by atoms with Crippen LogP contribution >= 0.6 is 11.3 Å². The minimum Gasteiger partial charge on any atom is -0.384 e. The lowest BCUT2D eigenvalue weighted by atomic mass is 9.91. The molecule has 0 bridgehead atoms. The van der Waals surface area contributed by atoms with E-state index in [1.807, 2.05) is 25.2 Å². The highest BCUT2D eigenvalue weighted by Crippen LogP contribution is 2.39. The van der Waals surface area contributed by atoms with Crippen molar-refractivity contribution in [1.29, 1.82) is 0 Å². The lowest BCUT2D eigenvalue weighted by molar-refractivity contribution is 0.0532. The van der Waals surface area contributed by atoms with Gasteiger partial charge in [0.05, 0.1) is 30.5 Å². The van der Waals surface area contributed by atoms with Crippen molar-refractivity contribution in [3.05, 3.63) is 46.1 Å². The molecule has 2 aliphatic heterocycles. The zero-order chi connectivity index (χ0) is 25.1. The summed E-state index contributed by atoms with van der Waals surface area (Å²) in [6.07, 6.45) is 1.93. The number of nitrogens with zero attached hydrogens (tertiary/aromatic N) is 4. The van der Waals surface area contributed by atoms with E-state index in [9.17, 15) is 14.7 Å². The van der Waals surface area contributed by atoms with Crippen LogP contribution in [-0.2, 0) is 18.2 Å². The molecule has 2 aliphatic rings. The minimum absolute atomic E-state index is 0.00312. The number of aromatic nitrogens is 2. The molecule has 0 radical (unpaired) electrons. The summed E-state index contributed by atoms with van der Waals surface area (Å²) in [5.74, 6) is -0.228. The molecule has 1 saturated heterocycles. The van der Waals surface area contributed by atoms with E-state index in [1.54, 1.807) is 32.8 Å². The number of anilines is 1. The van der Waals surface area contributed by atoms with Crippen LogP contribution in [0.3, 0.4) is 0 Å². The molecule has 1 fully saturated rings. The summed E-state index contributed by atoms with van der Waals surface area (Å²) in [7, 11) is 5.51. The number of carbonyl (C=O) groups excluding carboxylic acids is 2. The Morgan fingerprint density at radius 2 is 2.14 bits per heavy atom. The van der Waals surface area contributed by atoms with Gasteiger partial charge in [0.2, 0.25) is 0 Å². The molecule has 10 heteroatoms. The van der Waals surface area contributed by atoms with Gasteiger partial charge in [0, 0.05) is 50.4 Å². The first-order valence-corrected chi connectivity index (χ1v) is 12.5. The average Bonchev–Trinajstić information content (AvgIpc) is 3.39. The molecule has 0 saturated carbocycles. The normalized spacial score (nSPS) is 21.7. The zero-order valence-corrected chi connectivity index (χ0v) is 21.5. The predicted molar refractivity (Wildman–Crippen MR) is 135 cm³/mol. The number of nitrogens with one attached hydrogen (secondary N) is 1. The van der Waals surface area contributed by atoms with Crippen molar-refractivity contribution in [3.8, 4) is 0 Å². The highest BCUT2D eigenvalue weighted by Gasteiger charge is 2.42. The number of aliphatic hydroxyl groups excluding tert-OH is 1. The Morgan fingerprint density at radius 1 is 1.37 bits per heavy atom. The second-order valence-corrected chi connectivity index (χ2v) is 11.1. The molecule has 1 unspecified atom stereocenters. The van der Waals surface area contributed by atoms with Crippen molar-refractivity contribution < 1.29 is 19.4 Å². The molecule has 0 spiro atoms. The Balaban J connectivity index is 1.48. The smallest absolute Gasteiger partial charge is 0.263 e. The Kier molecular flexibility index (Phi) is 5.85. The van der Waals surface area contributed by atoms with Crippen molar-refractivity contribution in [2.24, 2.45) is 7.05 Å². The highest BCUT2D eigenvalue weighted by molar-refractivity contribution is 7.17. The number of aryl methyl sites for hydroxylation is 1. The second-order valence-electron chi connectivity index (χ2n) is 10.1. The summed E-state index contributed by atoms with van der Waals surface area (Å²) >= 11 is 1.32. The van der Waals surface area contributed by atoms with E-state index in [2.05, 4.69) is 21.0 Å². The van der Waals surface area contributed by atoms with Gasteiger partial charge in [-0.15, -0.1) is 0 Å². The van der Waals surface area contributed by atoms with E-state index < -0.39 is 11.6 Å². The lowest BCUT2D eigenvalue weighted by Gasteiger charge is -2.35. The number of fused-ring (bicyclic) bond motifs is 2. The third-order valence-corrected chi connectivity index (χ3v) is 7.99. The van der Waals surface area contributed by atoms with E-state index in [0.717, 1.165) is 21.6 Å². The maximum atomic E-state index is 12.7. The number of morpholine rings is 1. The van der Waals surface area contributed by atoms with Crippen LogP contribution in [0.25, 0.3) is 10.9 Å². The van der Waals surface area contributed by atoms with Gasteiger partial charge in [0.1, 0.15) is 11.0 Å². The molecule has 9 nitrogen and oxygen atoms in total. The fraction of sp³-hybridized carbons (Fsp3) is 0.480. The highest BCUT2D eigenvalue weighted by atomic mass is 32.1. The molecule has 5 rings (SSSR count). The van der Waals surface area contributed by atoms with Gasteiger partial charge in [-0.05, 0) is 44.0 Å². The molecule has 4 heterocycles. The Hall–Kier alpha value is -2.95. The molecule has 2 N–H and O–H groups in total. The number of hydrogen-bond donors (Lipinski definition) is 2. The molecular formula is C25H31N5O4S. The van der Waals surface area contributed by atoms with Gasteiger partial charge in [0.15, 0.2) is 5.13 Å². The van der Waals surface area contributed by atoms with Crippen LogP contribution < -0.4 is 10.2 Å². The molecule has 2 atom stereocenters. The summed E-state index contributed by atoms with van der Waals surface area (Å²) in [6.45, 7) is 5.33. The van der Waals surface area contributed by atoms with Gasteiger partial charge in [0.25, 0.3) is 11.8 Å². The first kappa shape index (κ1) is 23.8. The van der Waals surface area contributed by atoms with Gasteiger partial charge in [-0.25, -0.2) is 4.98 Å². The monoisotopic (exact) mass is 497 g/mol. The van der Waals surface area contributed by atoms with Gasteiger partial charge in [-0.2, -0.15) is 0 Å². The number of amides is 2. The minimum atomic E-state index is -0.870. The molecule has 35 heavy (non-hydrogen) atoms. The summed E-state index contributed by atoms with van der Waals surface area (Å²) < 4.78 is 7.91. The van der Waals surface area contributed by atoms with Gasteiger partial charge in [-0.3, -0.25) is 9.59 Å². The fourth-order valence-electron chi connectivity index (χ4n) is 4.91. The summed E-state index contributed by atoms with van der Waals surface area (Å²) in [4.78, 5) is 34.2. The van der Waals surface area contributed by atoms with Crippen molar-refractivity contribution >= 4 is 39.2 Å². The number of ether oxygens (including phenoxy) is 1. The van der Waals surface area contributed by atoms with Crippen LogP contribution in [0.2, 0.25) is 0 Å². The van der Waals surface area contributed by atoms with Crippen molar-refractivity contribution in [2.75, 3.05) is 38.8 Å². The van der Waals surface area contributed by atoms with E-state index in [4.69, 9.17) is 9.72 Å². The first-order valence-electron chi connectivity index (χ1n) is 11.7. The van der Waals surface area contributed by atoms with Gasteiger partial charge < -0.3 is 29.5 Å². The Labute approximate surface area is 208 Å². The standard InChI is InChI=1S/C25H31N5O4S/c1-25(2)21(31)19-20(22(32)27-25)35-24(26-19)30-8-9-34-13-16(30)10-15-12-29(5)18-7-6-14(11-17(15)18)23(33)28(3)4/h6-7,11-12,16,21,31H,8-10,13H2,1-5H3,(H,27,32)/t16-,21?/m0/s1. The maximum absolute atomic E-state index is 12.7. The van der Waals surface area contributed by atoms with Crippen LogP contribution in [0.4, 0.5) is 5.13 Å². The lowest BCUT2D eigenvalue weighted by Crippen LogP contribution is -2.51. The van der Waals surface area contributed by atoms with Crippen LogP contribution in [0, 0.1) is 0 Å². The maximum Gasteiger partial charge on any atom is 0.263 e. The second kappa shape index (κ2) is 8.61. The van der Waals surface area contributed by atoms with Crippen LogP contribution in [0.15, 0.2) is 24.4 Å². The van der Waals surface area contributed by atoms with E-state index in [-0.39, 0.29) is 17.9 Å². The van der Waals surface area contributed by atoms with Gasteiger partial charge in [-0.1, -0.05) is 11.3 Å². The number of rotatable bonds is 4. The molecule has 2 aromatic heterocycles. The SMILES string of the molecule is CN(C)C(=O)c1ccc2c(c1)c(C[C@H]1COCCN1c1nc3c(s1)C(=O)NC(C)(C)C3O)cn2C. The number of aliphatic hydroxyl groups is 1. The topological polar surface area (TPSA) is 99.9 Å². The van der Waals surface area contributed by atoms with Crippen molar-refractivity contribution in [1.82, 2.24) is 19.8 Å². The number of benzene rings is 1. The number of hydrogen-bond acceptors (Lipinski definition) is 7. The Morgan fingerprint density at radius 3 is 2.89 bits per heavy atom.